The van der Waals surface area contributed by atoms with Crippen LogP contribution in [-0.4, -0.2) is 21.3 Å². The molecule has 4 rings (SSSR count). The fourth-order valence-corrected chi connectivity index (χ4v) is 4.87. The Kier molecular flexibility index (Phi) is 4.87. The minimum atomic E-state index is 0.0701. The number of methoxy groups -OCH3 is 3. The van der Waals surface area contributed by atoms with Crippen molar-refractivity contribution in [3.63, 3.8) is 0 Å². The molecule has 1 N–H and O–H groups in total. The van der Waals surface area contributed by atoms with E-state index in [2.05, 4.69) is 17.5 Å². The van der Waals surface area contributed by atoms with Crippen LogP contribution in [0.5, 0.6) is 17.2 Å². The van der Waals surface area contributed by atoms with Crippen LogP contribution >= 0.6 is 23.2 Å². The quantitative estimate of drug-likeness (QED) is 0.647. The zero-order chi connectivity index (χ0) is 19.1. The number of halogens is 2. The smallest absolute Gasteiger partial charge is 0.203 e. The molecule has 0 amide bonds. The lowest BCUT2D eigenvalue weighted by molar-refractivity contribution is 0.322. The summed E-state index contributed by atoms with van der Waals surface area (Å²) in [6.45, 7) is 0. The number of ether oxygens (including phenoxy) is 3. The lowest BCUT2D eigenvalue weighted by Crippen LogP contribution is -2.29. The Morgan fingerprint density at radius 1 is 0.963 bits per heavy atom. The molecule has 0 bridgehead atoms. The van der Waals surface area contributed by atoms with Crippen LogP contribution in [0.3, 0.4) is 0 Å². The van der Waals surface area contributed by atoms with Crippen LogP contribution in [0.2, 0.25) is 10.0 Å². The number of hydrogen-bond acceptors (Lipinski definition) is 4. The third kappa shape index (κ3) is 3.01. The van der Waals surface area contributed by atoms with E-state index in [-0.39, 0.29) is 12.0 Å². The summed E-state index contributed by atoms with van der Waals surface area (Å²) in [5, 5.41) is 4.97. The lowest BCUT2D eigenvalue weighted by atomic mass is 9.77. The van der Waals surface area contributed by atoms with Crippen molar-refractivity contribution >= 4 is 28.9 Å². The molecule has 4 nitrogen and oxygen atoms in total. The molecule has 2 aromatic carbocycles. The van der Waals surface area contributed by atoms with Gasteiger partial charge in [0.1, 0.15) is 0 Å². The molecule has 1 aliphatic carbocycles. The Bertz CT molecular complexity index is 888. The van der Waals surface area contributed by atoms with Gasteiger partial charge in [0.15, 0.2) is 11.5 Å². The van der Waals surface area contributed by atoms with E-state index in [1.165, 1.54) is 0 Å². The van der Waals surface area contributed by atoms with Crippen LogP contribution < -0.4 is 19.5 Å². The highest BCUT2D eigenvalue weighted by Crippen LogP contribution is 2.53. The summed E-state index contributed by atoms with van der Waals surface area (Å²) in [5.74, 6) is 2.47. The van der Waals surface area contributed by atoms with Crippen molar-refractivity contribution in [1.29, 1.82) is 0 Å². The Balaban J connectivity index is 1.83. The van der Waals surface area contributed by atoms with E-state index in [9.17, 15) is 0 Å². The fraction of sp³-hybridized carbons (Fsp3) is 0.333. The lowest BCUT2D eigenvalue weighted by Gasteiger charge is -2.38. The number of anilines is 1. The average molecular weight is 406 g/mol. The fourth-order valence-electron chi connectivity index (χ4n) is 4.25. The van der Waals surface area contributed by atoms with E-state index in [1.54, 1.807) is 21.3 Å². The largest absolute Gasteiger partial charge is 0.493 e. The van der Waals surface area contributed by atoms with Gasteiger partial charge in [-0.3, -0.25) is 0 Å². The predicted octanol–water partition coefficient (Wildman–Crippen LogP) is 5.85. The van der Waals surface area contributed by atoms with Crippen molar-refractivity contribution in [1.82, 2.24) is 0 Å². The van der Waals surface area contributed by atoms with Crippen LogP contribution in [0.25, 0.3) is 0 Å². The monoisotopic (exact) mass is 405 g/mol. The molecule has 3 atom stereocenters. The van der Waals surface area contributed by atoms with Gasteiger partial charge in [-0.15, -0.1) is 0 Å². The Morgan fingerprint density at radius 3 is 2.30 bits per heavy atom. The average Bonchev–Trinajstić information content (AvgIpc) is 3.14. The molecule has 0 saturated carbocycles. The van der Waals surface area contributed by atoms with Crippen molar-refractivity contribution in [3.05, 3.63) is 57.6 Å². The van der Waals surface area contributed by atoms with E-state index in [1.807, 2.05) is 24.3 Å². The van der Waals surface area contributed by atoms with Gasteiger partial charge in [-0.05, 0) is 42.2 Å². The number of rotatable bonds is 4. The maximum Gasteiger partial charge on any atom is 0.203 e. The van der Waals surface area contributed by atoms with Gasteiger partial charge in [0.25, 0.3) is 0 Å². The van der Waals surface area contributed by atoms with Gasteiger partial charge >= 0.3 is 0 Å². The molecule has 0 radical (unpaired) electrons. The minimum absolute atomic E-state index is 0.0701. The summed E-state index contributed by atoms with van der Waals surface area (Å²) in [7, 11) is 4.87. The summed E-state index contributed by atoms with van der Waals surface area (Å²) in [4.78, 5) is 0. The van der Waals surface area contributed by atoms with Gasteiger partial charge in [0, 0.05) is 27.2 Å². The standard InChI is InChI=1S/C21H21Cl2NO3/c1-25-17-7-11(8-18(26-2)21(17)27-3)20-14-6-4-5-13(14)19-15(23)9-12(22)10-16(19)24-20/h4-5,7-10,13-14,20,24H,6H2,1-3H3. The Hall–Kier alpha value is -2.04. The molecular formula is C21H21Cl2NO3. The van der Waals surface area contributed by atoms with E-state index in [4.69, 9.17) is 37.4 Å². The first-order valence-corrected chi connectivity index (χ1v) is 9.55. The first-order chi connectivity index (χ1) is 13.1. The highest BCUT2D eigenvalue weighted by atomic mass is 35.5. The van der Waals surface area contributed by atoms with Crippen molar-refractivity contribution in [2.45, 2.75) is 18.4 Å². The van der Waals surface area contributed by atoms with Crippen LogP contribution in [0.4, 0.5) is 5.69 Å². The van der Waals surface area contributed by atoms with Gasteiger partial charge < -0.3 is 19.5 Å². The molecule has 0 aromatic heterocycles. The SMILES string of the molecule is COc1cc(C2Nc3cc(Cl)cc(Cl)c3C3C=CCC32)cc(OC)c1OC. The predicted molar refractivity (Wildman–Crippen MR) is 109 cm³/mol. The highest BCUT2D eigenvalue weighted by molar-refractivity contribution is 6.35. The number of benzene rings is 2. The van der Waals surface area contributed by atoms with Gasteiger partial charge in [-0.25, -0.2) is 0 Å². The molecule has 1 aliphatic heterocycles. The molecule has 3 unspecified atom stereocenters. The molecule has 0 fully saturated rings. The first kappa shape index (κ1) is 18.3. The van der Waals surface area contributed by atoms with Gasteiger partial charge in [0.2, 0.25) is 5.75 Å². The topological polar surface area (TPSA) is 39.7 Å². The summed E-state index contributed by atoms with van der Waals surface area (Å²) < 4.78 is 16.5. The number of allylic oxidation sites excluding steroid dienone is 2. The molecular weight excluding hydrogens is 385 g/mol. The second-order valence-electron chi connectivity index (χ2n) is 6.78. The summed E-state index contributed by atoms with van der Waals surface area (Å²) in [5.41, 5.74) is 3.16. The van der Waals surface area contributed by atoms with E-state index in [0.29, 0.717) is 33.2 Å². The van der Waals surface area contributed by atoms with Crippen molar-refractivity contribution < 1.29 is 14.2 Å². The van der Waals surface area contributed by atoms with Gasteiger partial charge in [-0.2, -0.15) is 0 Å². The molecule has 0 spiro atoms. The zero-order valence-corrected chi connectivity index (χ0v) is 16.9. The molecule has 142 valence electrons. The van der Waals surface area contributed by atoms with Crippen molar-refractivity contribution in [2.75, 3.05) is 26.6 Å². The second kappa shape index (κ2) is 7.17. The van der Waals surface area contributed by atoms with Crippen molar-refractivity contribution in [3.8, 4) is 17.2 Å². The summed E-state index contributed by atoms with van der Waals surface area (Å²) in [6.07, 6.45) is 5.44. The van der Waals surface area contributed by atoms with Gasteiger partial charge in [0.05, 0.1) is 27.4 Å². The molecule has 27 heavy (non-hydrogen) atoms. The van der Waals surface area contributed by atoms with Crippen LogP contribution in [0.1, 0.15) is 29.5 Å². The summed E-state index contributed by atoms with van der Waals surface area (Å²) in [6, 6.07) is 7.83. The van der Waals surface area contributed by atoms with Gasteiger partial charge in [-0.1, -0.05) is 35.4 Å². The molecule has 0 saturated heterocycles. The highest BCUT2D eigenvalue weighted by Gasteiger charge is 2.39. The normalized spacial score (nSPS) is 22.6. The molecule has 2 aromatic rings. The molecule has 1 heterocycles. The Morgan fingerprint density at radius 2 is 1.67 bits per heavy atom. The number of hydrogen-bond donors (Lipinski definition) is 1. The van der Waals surface area contributed by atoms with Crippen LogP contribution in [-0.2, 0) is 0 Å². The third-order valence-corrected chi connectivity index (χ3v) is 5.96. The maximum atomic E-state index is 6.53. The third-order valence-electron chi connectivity index (χ3n) is 5.43. The number of fused-ring (bicyclic) bond motifs is 3. The Labute approximate surface area is 169 Å². The van der Waals surface area contributed by atoms with Crippen LogP contribution in [0, 0.1) is 5.92 Å². The van der Waals surface area contributed by atoms with E-state index in [0.717, 1.165) is 23.2 Å². The summed E-state index contributed by atoms with van der Waals surface area (Å²) >= 11 is 12.8. The van der Waals surface area contributed by atoms with Crippen LogP contribution in [0.15, 0.2) is 36.4 Å². The van der Waals surface area contributed by atoms with E-state index >= 15 is 0 Å². The maximum absolute atomic E-state index is 6.53. The number of nitrogens with one attached hydrogen (secondary N) is 1. The minimum Gasteiger partial charge on any atom is -0.493 e. The molecule has 2 aliphatic rings. The second-order valence-corrected chi connectivity index (χ2v) is 7.63. The molecule has 6 heteroatoms. The van der Waals surface area contributed by atoms with Crippen molar-refractivity contribution in [2.24, 2.45) is 5.92 Å². The van der Waals surface area contributed by atoms with E-state index < -0.39 is 0 Å². The zero-order valence-electron chi connectivity index (χ0n) is 15.4. The first-order valence-electron chi connectivity index (χ1n) is 8.79.